The topological polar surface area (TPSA) is 9.23 Å². The maximum absolute atomic E-state index is 5.58. The maximum Gasteiger partial charge on any atom is 0.0832 e. The molecule has 0 amide bonds. The molecule has 0 heterocycles. The second-order valence-electron chi connectivity index (χ2n) is 3.24. The molecule has 0 aliphatic heterocycles. The third-order valence-electron chi connectivity index (χ3n) is 1.97. The molecule has 0 unspecified atom stereocenters. The van der Waals surface area contributed by atoms with Gasteiger partial charge in [0.25, 0.3) is 0 Å². The van der Waals surface area contributed by atoms with Crippen molar-refractivity contribution in [3.8, 4) is 0 Å². The Bertz CT molecular complexity index is 134. The van der Waals surface area contributed by atoms with Crippen molar-refractivity contribution in [2.24, 2.45) is 0 Å². The fraction of sp³-hybridized carbons (Fsp3) is 0.800. The van der Waals surface area contributed by atoms with Crippen molar-refractivity contribution in [3.05, 3.63) is 11.6 Å². The summed E-state index contributed by atoms with van der Waals surface area (Å²) in [5.41, 5.74) is 1.24. The van der Waals surface area contributed by atoms with E-state index in [4.69, 9.17) is 4.74 Å². The van der Waals surface area contributed by atoms with Crippen LogP contribution in [0.1, 0.15) is 41.0 Å². The van der Waals surface area contributed by atoms with Gasteiger partial charge in [-0.2, -0.15) is 0 Å². The Balaban J connectivity index is 4.16. The van der Waals surface area contributed by atoms with Crippen LogP contribution in [0.5, 0.6) is 0 Å². The molecular weight excluding hydrogens is 136 g/mol. The lowest BCUT2D eigenvalue weighted by Crippen LogP contribution is -2.25. The van der Waals surface area contributed by atoms with E-state index in [0.717, 1.165) is 13.0 Å². The van der Waals surface area contributed by atoms with Crippen molar-refractivity contribution in [1.82, 2.24) is 0 Å². The third-order valence-corrected chi connectivity index (χ3v) is 1.97. The predicted octanol–water partition coefficient (Wildman–Crippen LogP) is 3.16. The third kappa shape index (κ3) is 3.57. The Morgan fingerprint density at radius 3 is 2.27 bits per heavy atom. The minimum absolute atomic E-state index is 0.0786. The van der Waals surface area contributed by atoms with Gasteiger partial charge in [0.1, 0.15) is 0 Å². The van der Waals surface area contributed by atoms with Crippen LogP contribution >= 0.6 is 0 Å². The van der Waals surface area contributed by atoms with E-state index >= 15 is 0 Å². The SMILES string of the molecule is CC/C=C(/C)C(C)(C)OCC. The van der Waals surface area contributed by atoms with Crippen LogP contribution in [0.2, 0.25) is 0 Å². The Morgan fingerprint density at radius 1 is 1.36 bits per heavy atom. The van der Waals surface area contributed by atoms with Gasteiger partial charge in [0.05, 0.1) is 5.60 Å². The molecule has 66 valence electrons. The second kappa shape index (κ2) is 4.55. The highest BCUT2D eigenvalue weighted by Gasteiger charge is 2.18. The zero-order valence-electron chi connectivity index (χ0n) is 8.40. The predicted molar refractivity (Wildman–Crippen MR) is 49.8 cm³/mol. The van der Waals surface area contributed by atoms with Crippen LogP contribution in [0, 0.1) is 0 Å². The van der Waals surface area contributed by atoms with Crippen molar-refractivity contribution in [3.63, 3.8) is 0 Å². The average Bonchev–Trinajstić information content (AvgIpc) is 1.88. The number of ether oxygens (including phenoxy) is 1. The van der Waals surface area contributed by atoms with Crippen LogP contribution in [0.15, 0.2) is 11.6 Å². The van der Waals surface area contributed by atoms with Gasteiger partial charge in [0.15, 0.2) is 0 Å². The van der Waals surface area contributed by atoms with Gasteiger partial charge in [-0.1, -0.05) is 13.0 Å². The molecule has 0 saturated carbocycles. The molecule has 0 N–H and O–H groups in total. The molecular formula is C10H20O. The fourth-order valence-corrected chi connectivity index (χ4v) is 1.03. The maximum atomic E-state index is 5.58. The highest BCUT2D eigenvalue weighted by molar-refractivity contribution is 5.10. The lowest BCUT2D eigenvalue weighted by Gasteiger charge is -2.25. The summed E-state index contributed by atoms with van der Waals surface area (Å²) < 4.78 is 5.58. The van der Waals surface area contributed by atoms with Gasteiger partial charge < -0.3 is 4.74 Å². The lowest BCUT2D eigenvalue weighted by atomic mass is 9.98. The van der Waals surface area contributed by atoms with E-state index in [0.29, 0.717) is 0 Å². The lowest BCUT2D eigenvalue weighted by molar-refractivity contribution is 0.0190. The first kappa shape index (κ1) is 10.7. The van der Waals surface area contributed by atoms with Crippen molar-refractivity contribution in [2.75, 3.05) is 6.61 Å². The van der Waals surface area contributed by atoms with Crippen molar-refractivity contribution < 1.29 is 4.74 Å². The zero-order valence-corrected chi connectivity index (χ0v) is 8.40. The molecule has 11 heavy (non-hydrogen) atoms. The molecule has 0 spiro atoms. The molecule has 0 bridgehead atoms. The van der Waals surface area contributed by atoms with Crippen molar-refractivity contribution in [2.45, 2.75) is 46.6 Å². The minimum Gasteiger partial charge on any atom is -0.372 e. The molecule has 0 atom stereocenters. The number of allylic oxidation sites excluding steroid dienone is 1. The first-order valence-electron chi connectivity index (χ1n) is 4.35. The van der Waals surface area contributed by atoms with Crippen molar-refractivity contribution in [1.29, 1.82) is 0 Å². The first-order valence-corrected chi connectivity index (χ1v) is 4.35. The molecule has 0 aromatic carbocycles. The van der Waals surface area contributed by atoms with Gasteiger partial charge in [-0.25, -0.2) is 0 Å². The molecule has 0 aliphatic carbocycles. The molecule has 0 rings (SSSR count). The van der Waals surface area contributed by atoms with Crippen LogP contribution in [0.3, 0.4) is 0 Å². The van der Waals surface area contributed by atoms with Gasteiger partial charge in [-0.15, -0.1) is 0 Å². The average molecular weight is 156 g/mol. The molecule has 1 nitrogen and oxygen atoms in total. The Labute approximate surface area is 70.4 Å². The summed E-state index contributed by atoms with van der Waals surface area (Å²) in [7, 11) is 0. The smallest absolute Gasteiger partial charge is 0.0832 e. The molecule has 0 aromatic rings. The van der Waals surface area contributed by atoms with E-state index in [2.05, 4.69) is 33.8 Å². The van der Waals surface area contributed by atoms with E-state index < -0.39 is 0 Å². The van der Waals surface area contributed by atoms with Crippen LogP contribution in [0.4, 0.5) is 0 Å². The molecule has 0 aliphatic rings. The van der Waals surface area contributed by atoms with E-state index in [-0.39, 0.29) is 5.60 Å². The number of rotatable bonds is 4. The summed E-state index contributed by atoms with van der Waals surface area (Å²) in [6.45, 7) is 11.3. The van der Waals surface area contributed by atoms with Gasteiger partial charge in [-0.05, 0) is 39.7 Å². The Kier molecular flexibility index (Phi) is 4.43. The number of hydrogen-bond acceptors (Lipinski definition) is 1. The van der Waals surface area contributed by atoms with Crippen LogP contribution in [-0.2, 0) is 4.74 Å². The Hall–Kier alpha value is -0.300. The number of hydrogen-bond donors (Lipinski definition) is 0. The van der Waals surface area contributed by atoms with Gasteiger partial charge >= 0.3 is 0 Å². The summed E-state index contributed by atoms with van der Waals surface area (Å²) in [5.74, 6) is 0. The molecule has 1 heteroatoms. The van der Waals surface area contributed by atoms with E-state index in [1.165, 1.54) is 5.57 Å². The van der Waals surface area contributed by atoms with Gasteiger partial charge in [0.2, 0.25) is 0 Å². The highest BCUT2D eigenvalue weighted by Crippen LogP contribution is 2.20. The standard InChI is InChI=1S/C10H20O/c1-6-8-9(3)10(4,5)11-7-2/h8H,6-7H2,1-5H3/b9-8-. The molecule has 0 saturated heterocycles. The minimum atomic E-state index is -0.0786. The van der Waals surface area contributed by atoms with Gasteiger partial charge in [0, 0.05) is 6.61 Å². The largest absolute Gasteiger partial charge is 0.372 e. The highest BCUT2D eigenvalue weighted by atomic mass is 16.5. The first-order chi connectivity index (χ1) is 5.04. The van der Waals surface area contributed by atoms with E-state index in [1.54, 1.807) is 0 Å². The molecule has 0 aromatic heterocycles. The fourth-order valence-electron chi connectivity index (χ4n) is 1.03. The van der Waals surface area contributed by atoms with Crippen LogP contribution < -0.4 is 0 Å². The van der Waals surface area contributed by atoms with Crippen LogP contribution in [-0.4, -0.2) is 12.2 Å². The Morgan fingerprint density at radius 2 is 1.91 bits per heavy atom. The summed E-state index contributed by atoms with van der Waals surface area (Å²) in [6.07, 6.45) is 3.30. The van der Waals surface area contributed by atoms with E-state index in [9.17, 15) is 0 Å². The van der Waals surface area contributed by atoms with Crippen LogP contribution in [0.25, 0.3) is 0 Å². The van der Waals surface area contributed by atoms with E-state index in [1.807, 2.05) is 6.92 Å². The molecule has 0 radical (unpaired) electrons. The molecule has 0 fully saturated rings. The zero-order chi connectivity index (χ0) is 8.91. The summed E-state index contributed by atoms with van der Waals surface area (Å²) in [6, 6.07) is 0. The summed E-state index contributed by atoms with van der Waals surface area (Å²) in [4.78, 5) is 0. The van der Waals surface area contributed by atoms with Crippen molar-refractivity contribution >= 4 is 0 Å². The van der Waals surface area contributed by atoms with Gasteiger partial charge in [-0.3, -0.25) is 0 Å². The summed E-state index contributed by atoms with van der Waals surface area (Å²) >= 11 is 0. The second-order valence-corrected chi connectivity index (χ2v) is 3.24. The normalized spacial score (nSPS) is 13.7. The quantitative estimate of drug-likeness (QED) is 0.568. The monoisotopic (exact) mass is 156 g/mol. The summed E-state index contributed by atoms with van der Waals surface area (Å²) in [5, 5.41) is 0.